The van der Waals surface area contributed by atoms with Gasteiger partial charge in [-0.2, -0.15) is 0 Å². The van der Waals surface area contributed by atoms with Gasteiger partial charge in [-0.3, -0.25) is 0 Å². The van der Waals surface area contributed by atoms with Crippen molar-refractivity contribution in [2.24, 2.45) is 0 Å². The Morgan fingerprint density at radius 2 is 2.31 bits per heavy atom. The fourth-order valence-electron chi connectivity index (χ4n) is 1.75. The summed E-state index contributed by atoms with van der Waals surface area (Å²) >= 11 is 0. The van der Waals surface area contributed by atoms with Crippen LogP contribution in [0, 0.1) is 0 Å². The first-order valence-corrected chi connectivity index (χ1v) is 4.52. The van der Waals surface area contributed by atoms with E-state index in [4.69, 9.17) is 10.5 Å². The third kappa shape index (κ3) is 1.30. The van der Waals surface area contributed by atoms with Gasteiger partial charge in [-0.1, -0.05) is 0 Å². The summed E-state index contributed by atoms with van der Waals surface area (Å²) in [5.41, 5.74) is 9.01. The standard InChI is InChI=1S/C10H14N2O/c1-13-9-5-4-8(11)7-3-2-6-12-10(7)9/h4-5,12H,2-3,6,11H2,1H3. The van der Waals surface area contributed by atoms with Gasteiger partial charge in [0, 0.05) is 17.8 Å². The molecule has 2 rings (SSSR count). The summed E-state index contributed by atoms with van der Waals surface area (Å²) in [7, 11) is 1.68. The molecule has 0 unspecified atom stereocenters. The van der Waals surface area contributed by atoms with E-state index in [1.54, 1.807) is 7.11 Å². The van der Waals surface area contributed by atoms with Gasteiger partial charge in [-0.25, -0.2) is 0 Å². The van der Waals surface area contributed by atoms with Crippen LogP contribution in [0.5, 0.6) is 5.75 Å². The smallest absolute Gasteiger partial charge is 0.142 e. The zero-order chi connectivity index (χ0) is 9.26. The van der Waals surface area contributed by atoms with E-state index in [1.807, 2.05) is 12.1 Å². The van der Waals surface area contributed by atoms with E-state index in [0.717, 1.165) is 36.5 Å². The summed E-state index contributed by atoms with van der Waals surface area (Å²) in [6, 6.07) is 3.82. The van der Waals surface area contributed by atoms with Gasteiger partial charge in [0.05, 0.1) is 12.8 Å². The maximum atomic E-state index is 5.87. The molecule has 1 aromatic rings. The Kier molecular flexibility index (Phi) is 2.00. The van der Waals surface area contributed by atoms with E-state index in [9.17, 15) is 0 Å². The minimum absolute atomic E-state index is 0.864. The third-order valence-electron chi connectivity index (χ3n) is 2.44. The van der Waals surface area contributed by atoms with Crippen LogP contribution in [-0.4, -0.2) is 13.7 Å². The molecule has 0 aliphatic carbocycles. The highest BCUT2D eigenvalue weighted by atomic mass is 16.5. The average molecular weight is 178 g/mol. The van der Waals surface area contributed by atoms with Gasteiger partial charge in [-0.05, 0) is 25.0 Å². The summed E-state index contributed by atoms with van der Waals surface area (Å²) in [6.07, 6.45) is 2.19. The van der Waals surface area contributed by atoms with Crippen molar-refractivity contribution in [2.45, 2.75) is 12.8 Å². The number of nitrogen functional groups attached to an aromatic ring is 1. The Morgan fingerprint density at radius 3 is 3.08 bits per heavy atom. The lowest BCUT2D eigenvalue weighted by Gasteiger charge is -2.21. The van der Waals surface area contributed by atoms with E-state index in [0.29, 0.717) is 0 Å². The van der Waals surface area contributed by atoms with Crippen molar-refractivity contribution in [3.8, 4) is 5.75 Å². The second-order valence-corrected chi connectivity index (χ2v) is 3.24. The largest absolute Gasteiger partial charge is 0.495 e. The molecule has 3 nitrogen and oxygen atoms in total. The van der Waals surface area contributed by atoms with E-state index in [-0.39, 0.29) is 0 Å². The first kappa shape index (κ1) is 8.23. The number of hydrogen-bond acceptors (Lipinski definition) is 3. The predicted octanol–water partition coefficient (Wildman–Crippen LogP) is 1.64. The summed E-state index contributed by atoms with van der Waals surface area (Å²) in [5, 5.41) is 3.32. The number of methoxy groups -OCH3 is 1. The highest BCUT2D eigenvalue weighted by molar-refractivity contribution is 5.71. The second-order valence-electron chi connectivity index (χ2n) is 3.24. The molecule has 0 spiro atoms. The zero-order valence-corrected chi connectivity index (χ0v) is 7.76. The van der Waals surface area contributed by atoms with E-state index in [2.05, 4.69) is 5.32 Å². The molecule has 3 heteroatoms. The first-order chi connectivity index (χ1) is 6.33. The molecule has 70 valence electrons. The van der Waals surface area contributed by atoms with Crippen LogP contribution in [0.3, 0.4) is 0 Å². The van der Waals surface area contributed by atoms with Crippen molar-refractivity contribution in [3.05, 3.63) is 17.7 Å². The number of ether oxygens (including phenoxy) is 1. The van der Waals surface area contributed by atoms with Gasteiger partial charge >= 0.3 is 0 Å². The van der Waals surface area contributed by atoms with Gasteiger partial charge in [-0.15, -0.1) is 0 Å². The Bertz CT molecular complexity index is 323. The van der Waals surface area contributed by atoms with Crippen molar-refractivity contribution < 1.29 is 4.74 Å². The topological polar surface area (TPSA) is 47.3 Å². The van der Waals surface area contributed by atoms with Crippen LogP contribution in [0.4, 0.5) is 11.4 Å². The maximum absolute atomic E-state index is 5.87. The molecule has 1 aliphatic heterocycles. The molecular weight excluding hydrogens is 164 g/mol. The van der Waals surface area contributed by atoms with Crippen molar-refractivity contribution in [1.29, 1.82) is 0 Å². The summed E-state index contributed by atoms with van der Waals surface area (Å²) in [6.45, 7) is 1.01. The summed E-state index contributed by atoms with van der Waals surface area (Å²) < 4.78 is 5.25. The molecule has 1 aromatic carbocycles. The Hall–Kier alpha value is -1.38. The van der Waals surface area contributed by atoms with Crippen molar-refractivity contribution in [3.63, 3.8) is 0 Å². The fraction of sp³-hybridized carbons (Fsp3) is 0.400. The monoisotopic (exact) mass is 178 g/mol. The number of rotatable bonds is 1. The molecule has 0 aromatic heterocycles. The Labute approximate surface area is 77.9 Å². The van der Waals surface area contributed by atoms with Crippen molar-refractivity contribution in [1.82, 2.24) is 0 Å². The first-order valence-electron chi connectivity index (χ1n) is 4.52. The van der Waals surface area contributed by atoms with Crippen LogP contribution in [-0.2, 0) is 6.42 Å². The maximum Gasteiger partial charge on any atom is 0.142 e. The van der Waals surface area contributed by atoms with Crippen LogP contribution >= 0.6 is 0 Å². The molecule has 0 saturated heterocycles. The van der Waals surface area contributed by atoms with Gasteiger partial charge < -0.3 is 15.8 Å². The normalized spacial score (nSPS) is 14.5. The van der Waals surface area contributed by atoms with Gasteiger partial charge in [0.15, 0.2) is 0 Å². The quantitative estimate of drug-likeness (QED) is 0.642. The molecule has 0 fully saturated rings. The van der Waals surface area contributed by atoms with Crippen LogP contribution < -0.4 is 15.8 Å². The molecule has 3 N–H and O–H groups in total. The molecule has 0 saturated carbocycles. The molecule has 1 heterocycles. The number of nitrogens with one attached hydrogen (secondary N) is 1. The second kappa shape index (κ2) is 3.17. The van der Waals surface area contributed by atoms with E-state index in [1.165, 1.54) is 5.56 Å². The van der Waals surface area contributed by atoms with E-state index < -0.39 is 0 Å². The van der Waals surface area contributed by atoms with Gasteiger partial charge in [0.25, 0.3) is 0 Å². The number of hydrogen-bond donors (Lipinski definition) is 2. The van der Waals surface area contributed by atoms with Gasteiger partial charge in [0.1, 0.15) is 5.75 Å². The van der Waals surface area contributed by atoms with Crippen LogP contribution in [0.25, 0.3) is 0 Å². The highest BCUT2D eigenvalue weighted by Crippen LogP contribution is 2.35. The molecule has 1 aliphatic rings. The number of fused-ring (bicyclic) bond motifs is 1. The van der Waals surface area contributed by atoms with Crippen LogP contribution in [0.2, 0.25) is 0 Å². The van der Waals surface area contributed by atoms with Crippen molar-refractivity contribution in [2.75, 3.05) is 24.7 Å². The third-order valence-corrected chi connectivity index (χ3v) is 2.44. The van der Waals surface area contributed by atoms with Crippen LogP contribution in [0.15, 0.2) is 12.1 Å². The fourth-order valence-corrected chi connectivity index (χ4v) is 1.75. The zero-order valence-electron chi connectivity index (χ0n) is 7.76. The number of benzene rings is 1. The minimum atomic E-state index is 0.864. The molecule has 13 heavy (non-hydrogen) atoms. The Morgan fingerprint density at radius 1 is 1.46 bits per heavy atom. The van der Waals surface area contributed by atoms with Crippen LogP contribution in [0.1, 0.15) is 12.0 Å². The molecule has 0 radical (unpaired) electrons. The molecule has 0 atom stereocenters. The summed E-state index contributed by atoms with van der Waals surface area (Å²) in [5.74, 6) is 0.893. The Balaban J connectivity index is 2.52. The predicted molar refractivity (Wildman–Crippen MR) is 54.2 cm³/mol. The lowest BCUT2D eigenvalue weighted by Crippen LogP contribution is -2.14. The lowest BCUT2D eigenvalue weighted by atomic mass is 10.0. The number of anilines is 2. The number of nitrogens with two attached hydrogens (primary N) is 1. The van der Waals surface area contributed by atoms with Crippen molar-refractivity contribution >= 4 is 11.4 Å². The minimum Gasteiger partial charge on any atom is -0.495 e. The highest BCUT2D eigenvalue weighted by Gasteiger charge is 2.15. The molecular formula is C10H14N2O. The SMILES string of the molecule is COc1ccc(N)c2c1NCCC2. The molecule has 0 amide bonds. The average Bonchev–Trinajstić information content (AvgIpc) is 2.19. The summed E-state index contributed by atoms with van der Waals surface area (Å²) in [4.78, 5) is 0. The van der Waals surface area contributed by atoms with E-state index >= 15 is 0 Å². The van der Waals surface area contributed by atoms with Gasteiger partial charge in [0.2, 0.25) is 0 Å². The lowest BCUT2D eigenvalue weighted by molar-refractivity contribution is 0.415. The molecule has 0 bridgehead atoms.